The van der Waals surface area contributed by atoms with Gasteiger partial charge in [-0.15, -0.1) is 0 Å². The second-order valence-corrected chi connectivity index (χ2v) is 9.99. The number of hydrogen-bond donors (Lipinski definition) is 3. The summed E-state index contributed by atoms with van der Waals surface area (Å²) in [6, 6.07) is 0. The number of aliphatic hydroxyl groups excluding tert-OH is 2. The van der Waals surface area contributed by atoms with Gasteiger partial charge in [0.1, 0.15) is 5.60 Å². The fraction of sp³-hybridized carbons (Fsp3) is 0.905. The van der Waals surface area contributed by atoms with Gasteiger partial charge >= 0.3 is 0 Å². The maximum absolute atomic E-state index is 11.2. The van der Waals surface area contributed by atoms with Crippen LogP contribution in [0.1, 0.15) is 65.2 Å². The van der Waals surface area contributed by atoms with Crippen LogP contribution in [-0.4, -0.2) is 33.1 Å². The minimum atomic E-state index is -1.02. The molecular formula is C21H31ClO3. The summed E-state index contributed by atoms with van der Waals surface area (Å²) >= 11 is 5.66. The Balaban J connectivity index is 1.69. The van der Waals surface area contributed by atoms with Crippen LogP contribution in [0.5, 0.6) is 0 Å². The van der Waals surface area contributed by atoms with E-state index in [4.69, 9.17) is 11.6 Å². The first-order valence-corrected chi connectivity index (χ1v) is 10.3. The molecule has 1 unspecified atom stereocenters. The Labute approximate surface area is 156 Å². The SMILES string of the molecule is C[C@]12CC[C@@H](O)CC1C[C@H](O)[C@@H]1[C@@H]2CC[C@@]2(C)[C@H]1CC[C@@]2(O)C#CCl. The van der Waals surface area contributed by atoms with Crippen molar-refractivity contribution in [2.45, 2.75) is 83.0 Å². The molecule has 0 amide bonds. The third kappa shape index (κ3) is 2.37. The summed E-state index contributed by atoms with van der Waals surface area (Å²) in [6.07, 6.45) is 6.58. The maximum Gasteiger partial charge on any atom is 0.132 e. The summed E-state index contributed by atoms with van der Waals surface area (Å²) in [4.78, 5) is 0. The fourth-order valence-corrected chi connectivity index (χ4v) is 7.66. The Hall–Kier alpha value is -0.270. The van der Waals surface area contributed by atoms with Crippen molar-refractivity contribution in [2.75, 3.05) is 0 Å². The van der Waals surface area contributed by atoms with E-state index in [0.717, 1.165) is 44.9 Å². The van der Waals surface area contributed by atoms with E-state index in [1.807, 2.05) is 0 Å². The Morgan fingerprint density at radius 1 is 0.960 bits per heavy atom. The summed E-state index contributed by atoms with van der Waals surface area (Å²) < 4.78 is 0. The van der Waals surface area contributed by atoms with Crippen molar-refractivity contribution in [3.63, 3.8) is 0 Å². The summed E-state index contributed by atoms with van der Waals surface area (Å²) in [7, 11) is 0. The number of hydrogen-bond acceptors (Lipinski definition) is 3. The summed E-state index contributed by atoms with van der Waals surface area (Å²) in [5.74, 6) is 4.34. The van der Waals surface area contributed by atoms with Gasteiger partial charge < -0.3 is 15.3 Å². The van der Waals surface area contributed by atoms with Crippen LogP contribution in [-0.2, 0) is 0 Å². The highest BCUT2D eigenvalue weighted by molar-refractivity contribution is 6.30. The maximum atomic E-state index is 11.2. The van der Waals surface area contributed by atoms with Gasteiger partial charge in [-0.25, -0.2) is 0 Å². The highest BCUT2D eigenvalue weighted by atomic mass is 35.5. The average Bonchev–Trinajstić information content (AvgIpc) is 2.81. The molecule has 140 valence electrons. The van der Waals surface area contributed by atoms with Gasteiger partial charge in [-0.05, 0) is 92.1 Å². The first kappa shape index (κ1) is 18.1. The Kier molecular flexibility index (Phi) is 4.25. The number of aliphatic hydroxyl groups is 3. The molecule has 3 N–H and O–H groups in total. The van der Waals surface area contributed by atoms with E-state index in [9.17, 15) is 15.3 Å². The molecule has 3 nitrogen and oxygen atoms in total. The molecule has 4 aliphatic carbocycles. The van der Waals surface area contributed by atoms with Crippen LogP contribution in [0.4, 0.5) is 0 Å². The zero-order valence-corrected chi connectivity index (χ0v) is 16.1. The highest BCUT2D eigenvalue weighted by Gasteiger charge is 2.66. The van der Waals surface area contributed by atoms with Crippen LogP contribution in [0.3, 0.4) is 0 Å². The van der Waals surface area contributed by atoms with Crippen molar-refractivity contribution in [2.24, 2.45) is 34.5 Å². The molecule has 25 heavy (non-hydrogen) atoms. The number of halogens is 1. The van der Waals surface area contributed by atoms with Crippen molar-refractivity contribution >= 4 is 11.6 Å². The quantitative estimate of drug-likeness (QED) is 0.576. The largest absolute Gasteiger partial charge is 0.393 e. The van der Waals surface area contributed by atoms with Gasteiger partial charge in [0.25, 0.3) is 0 Å². The molecule has 0 bridgehead atoms. The first-order valence-electron chi connectivity index (χ1n) is 9.96. The minimum absolute atomic E-state index is 0.203. The van der Waals surface area contributed by atoms with Gasteiger partial charge in [-0.3, -0.25) is 0 Å². The molecule has 0 saturated heterocycles. The van der Waals surface area contributed by atoms with E-state index in [0.29, 0.717) is 24.2 Å². The molecule has 4 saturated carbocycles. The minimum Gasteiger partial charge on any atom is -0.393 e. The second-order valence-electron chi connectivity index (χ2n) is 9.80. The van der Waals surface area contributed by atoms with E-state index in [1.165, 1.54) is 0 Å². The normalized spacial score (nSPS) is 57.7. The van der Waals surface area contributed by atoms with Crippen LogP contribution in [0.15, 0.2) is 0 Å². The molecule has 0 spiro atoms. The van der Waals surface area contributed by atoms with Gasteiger partial charge in [0.15, 0.2) is 0 Å². The van der Waals surface area contributed by atoms with Crippen LogP contribution >= 0.6 is 11.6 Å². The number of fused-ring (bicyclic) bond motifs is 5. The van der Waals surface area contributed by atoms with Gasteiger partial charge in [-0.1, -0.05) is 19.8 Å². The third-order valence-corrected chi connectivity index (χ3v) is 9.16. The van der Waals surface area contributed by atoms with Crippen LogP contribution in [0, 0.1) is 45.8 Å². The molecule has 0 aliphatic heterocycles. The van der Waals surface area contributed by atoms with Crippen LogP contribution in [0.25, 0.3) is 0 Å². The molecule has 4 rings (SSSR count). The van der Waals surface area contributed by atoms with Crippen molar-refractivity contribution < 1.29 is 15.3 Å². The summed E-state index contributed by atoms with van der Waals surface area (Å²) in [6.45, 7) is 4.56. The molecule has 4 heteroatoms. The zero-order chi connectivity index (χ0) is 18.0. The van der Waals surface area contributed by atoms with E-state index in [1.54, 1.807) is 0 Å². The van der Waals surface area contributed by atoms with Gasteiger partial charge in [0, 0.05) is 10.8 Å². The van der Waals surface area contributed by atoms with E-state index < -0.39 is 5.60 Å². The van der Waals surface area contributed by atoms with Crippen molar-refractivity contribution in [3.8, 4) is 11.3 Å². The van der Waals surface area contributed by atoms with Gasteiger partial charge in [-0.2, -0.15) is 0 Å². The van der Waals surface area contributed by atoms with Crippen molar-refractivity contribution in [1.82, 2.24) is 0 Å². The molecule has 0 aromatic heterocycles. The Morgan fingerprint density at radius 2 is 1.68 bits per heavy atom. The molecule has 0 heterocycles. The monoisotopic (exact) mass is 366 g/mol. The van der Waals surface area contributed by atoms with E-state index >= 15 is 0 Å². The molecule has 0 radical (unpaired) electrons. The predicted molar refractivity (Wildman–Crippen MR) is 97.7 cm³/mol. The smallest absolute Gasteiger partial charge is 0.132 e. The summed E-state index contributed by atoms with van der Waals surface area (Å²) in [5, 5.41) is 34.8. The van der Waals surface area contributed by atoms with Gasteiger partial charge in [0.2, 0.25) is 0 Å². The lowest BCUT2D eigenvalue weighted by molar-refractivity contribution is -0.183. The standard InChI is InChI=1S/C21H31ClO3/c1-19-6-3-14(23)11-13(19)12-17(24)18-15(19)4-7-20(2)16(18)5-8-21(20,25)9-10-22/h13-18,23-25H,3-8,11-12H2,1-2H3/t13?,14-,15+,16+,17+,18-,19+,20+,21-/m1/s1. The fourth-order valence-electron chi connectivity index (χ4n) is 7.50. The molecule has 9 atom stereocenters. The Bertz CT molecular complexity index is 612. The lowest BCUT2D eigenvalue weighted by Crippen LogP contribution is -2.60. The lowest BCUT2D eigenvalue weighted by Gasteiger charge is -2.62. The summed E-state index contributed by atoms with van der Waals surface area (Å²) in [5.41, 5.74) is -1.09. The molecular weight excluding hydrogens is 336 g/mol. The van der Waals surface area contributed by atoms with Crippen molar-refractivity contribution in [3.05, 3.63) is 0 Å². The van der Waals surface area contributed by atoms with E-state index in [-0.39, 0.29) is 29.0 Å². The third-order valence-electron chi connectivity index (χ3n) is 9.06. The highest BCUT2D eigenvalue weighted by Crippen LogP contribution is 2.68. The second kappa shape index (κ2) is 5.86. The Morgan fingerprint density at radius 3 is 2.40 bits per heavy atom. The molecule has 0 aromatic rings. The predicted octanol–water partition coefficient (Wildman–Crippen LogP) is 3.29. The van der Waals surface area contributed by atoms with Crippen LogP contribution in [0.2, 0.25) is 0 Å². The van der Waals surface area contributed by atoms with Crippen LogP contribution < -0.4 is 0 Å². The topological polar surface area (TPSA) is 60.7 Å². The molecule has 4 aliphatic rings. The average molecular weight is 367 g/mol. The van der Waals surface area contributed by atoms with Gasteiger partial charge in [0.05, 0.1) is 12.2 Å². The first-order chi connectivity index (χ1) is 11.7. The number of rotatable bonds is 0. The van der Waals surface area contributed by atoms with E-state index in [2.05, 4.69) is 25.1 Å². The lowest BCUT2D eigenvalue weighted by atomic mass is 9.43. The molecule has 4 fully saturated rings. The molecule has 0 aromatic carbocycles. The van der Waals surface area contributed by atoms with Crippen molar-refractivity contribution in [1.29, 1.82) is 0 Å². The zero-order valence-electron chi connectivity index (χ0n) is 15.3.